The van der Waals surface area contributed by atoms with Crippen LogP contribution in [-0.2, 0) is 17.2 Å². The third-order valence-electron chi connectivity index (χ3n) is 4.23. The van der Waals surface area contributed by atoms with Gasteiger partial charge in [0.25, 0.3) is 0 Å². The van der Waals surface area contributed by atoms with Crippen molar-refractivity contribution in [2.45, 2.75) is 40.0 Å². The van der Waals surface area contributed by atoms with Gasteiger partial charge in [0.2, 0.25) is 0 Å². The van der Waals surface area contributed by atoms with E-state index in [0.717, 1.165) is 17.0 Å². The second-order valence-electron chi connectivity index (χ2n) is 6.83. The summed E-state index contributed by atoms with van der Waals surface area (Å²) in [5.41, 5.74) is 11.2. The van der Waals surface area contributed by atoms with Crippen LogP contribution < -0.4 is 5.73 Å². The fourth-order valence-corrected chi connectivity index (χ4v) is 2.77. The number of carbonyl (C=O) groups excluding carboxylic acids is 1. The lowest BCUT2D eigenvalue weighted by Gasteiger charge is -2.19. The van der Waals surface area contributed by atoms with E-state index >= 15 is 0 Å². The molecular formula is C19H26N2O2. The minimum atomic E-state index is -0.365. The van der Waals surface area contributed by atoms with Crippen molar-refractivity contribution < 1.29 is 9.53 Å². The molecule has 0 atom stereocenters. The molecule has 0 saturated carbocycles. The Kier molecular flexibility index (Phi) is 4.55. The van der Waals surface area contributed by atoms with Gasteiger partial charge in [-0.1, -0.05) is 45.0 Å². The molecule has 0 saturated heterocycles. The average Bonchev–Trinajstić information content (AvgIpc) is 2.69. The van der Waals surface area contributed by atoms with Crippen LogP contribution in [0.2, 0.25) is 0 Å². The summed E-state index contributed by atoms with van der Waals surface area (Å²) in [5.74, 6) is -0.365. The fraction of sp³-hybridized carbons (Fsp3) is 0.421. The van der Waals surface area contributed by atoms with Gasteiger partial charge in [0.15, 0.2) is 0 Å². The molecule has 0 fully saturated rings. The quantitative estimate of drug-likeness (QED) is 0.869. The number of benzene rings is 1. The smallest absolute Gasteiger partial charge is 0.342 e. The highest BCUT2D eigenvalue weighted by Gasteiger charge is 2.24. The van der Waals surface area contributed by atoms with Gasteiger partial charge in [-0.25, -0.2) is 4.79 Å². The number of nitrogens with two attached hydrogens (primary N) is 1. The Balaban J connectivity index is 2.52. The highest BCUT2D eigenvalue weighted by Crippen LogP contribution is 2.34. The molecular weight excluding hydrogens is 288 g/mol. The van der Waals surface area contributed by atoms with Crippen LogP contribution in [0.15, 0.2) is 24.3 Å². The molecule has 1 aromatic heterocycles. The van der Waals surface area contributed by atoms with Crippen molar-refractivity contribution in [1.29, 1.82) is 0 Å². The highest BCUT2D eigenvalue weighted by atomic mass is 16.5. The SMILES string of the molecule is CCOC(=O)c1c(N)c(-c2ccc(C(C)(C)C)cc2)n(C)c1C. The maximum absolute atomic E-state index is 12.2. The molecule has 0 radical (unpaired) electrons. The molecule has 1 aromatic carbocycles. The molecule has 0 unspecified atom stereocenters. The monoisotopic (exact) mass is 314 g/mol. The maximum Gasteiger partial charge on any atom is 0.342 e. The van der Waals surface area contributed by atoms with Crippen LogP contribution in [0.5, 0.6) is 0 Å². The van der Waals surface area contributed by atoms with Crippen LogP contribution >= 0.6 is 0 Å². The first-order valence-corrected chi connectivity index (χ1v) is 7.91. The maximum atomic E-state index is 12.2. The van der Waals surface area contributed by atoms with Crippen molar-refractivity contribution in [3.63, 3.8) is 0 Å². The van der Waals surface area contributed by atoms with Crippen LogP contribution in [0.25, 0.3) is 11.3 Å². The van der Waals surface area contributed by atoms with Crippen molar-refractivity contribution in [3.05, 3.63) is 41.1 Å². The first kappa shape index (κ1) is 17.1. The van der Waals surface area contributed by atoms with Crippen LogP contribution in [-0.4, -0.2) is 17.1 Å². The Morgan fingerprint density at radius 2 is 1.78 bits per heavy atom. The molecule has 2 rings (SSSR count). The molecule has 2 aromatic rings. The summed E-state index contributed by atoms with van der Waals surface area (Å²) in [7, 11) is 1.92. The summed E-state index contributed by atoms with van der Waals surface area (Å²) in [6, 6.07) is 8.34. The predicted octanol–water partition coefficient (Wildman–Crippen LogP) is 4.06. The molecule has 0 spiro atoms. The van der Waals surface area contributed by atoms with Gasteiger partial charge in [0.1, 0.15) is 5.56 Å². The molecule has 23 heavy (non-hydrogen) atoms. The van der Waals surface area contributed by atoms with E-state index in [-0.39, 0.29) is 11.4 Å². The average molecular weight is 314 g/mol. The van der Waals surface area contributed by atoms with Crippen LogP contribution in [0.4, 0.5) is 5.69 Å². The molecule has 4 nitrogen and oxygen atoms in total. The van der Waals surface area contributed by atoms with E-state index in [1.807, 2.05) is 18.5 Å². The minimum absolute atomic E-state index is 0.101. The number of anilines is 1. The summed E-state index contributed by atoms with van der Waals surface area (Å²) in [5, 5.41) is 0. The van der Waals surface area contributed by atoms with E-state index in [4.69, 9.17) is 10.5 Å². The Bertz CT molecular complexity index is 719. The zero-order valence-corrected chi connectivity index (χ0v) is 14.9. The number of hydrogen-bond donors (Lipinski definition) is 1. The number of rotatable bonds is 3. The highest BCUT2D eigenvalue weighted by molar-refractivity contribution is 6.01. The molecule has 124 valence electrons. The van der Waals surface area contributed by atoms with Crippen molar-refractivity contribution in [2.24, 2.45) is 7.05 Å². The van der Waals surface area contributed by atoms with E-state index in [2.05, 4.69) is 45.0 Å². The molecule has 4 heteroatoms. The summed E-state index contributed by atoms with van der Waals surface area (Å²) >= 11 is 0. The van der Waals surface area contributed by atoms with E-state index < -0.39 is 0 Å². The van der Waals surface area contributed by atoms with E-state index in [0.29, 0.717) is 17.9 Å². The largest absolute Gasteiger partial charge is 0.462 e. The van der Waals surface area contributed by atoms with Crippen LogP contribution in [0.1, 0.15) is 49.3 Å². The lowest BCUT2D eigenvalue weighted by atomic mass is 9.86. The van der Waals surface area contributed by atoms with E-state index in [1.165, 1.54) is 5.56 Å². The summed E-state index contributed by atoms with van der Waals surface area (Å²) in [4.78, 5) is 12.2. The Morgan fingerprint density at radius 1 is 1.22 bits per heavy atom. The van der Waals surface area contributed by atoms with Crippen molar-refractivity contribution in [2.75, 3.05) is 12.3 Å². The second kappa shape index (κ2) is 6.11. The van der Waals surface area contributed by atoms with Crippen molar-refractivity contribution >= 4 is 11.7 Å². The normalized spacial score (nSPS) is 11.6. The zero-order valence-electron chi connectivity index (χ0n) is 14.9. The summed E-state index contributed by atoms with van der Waals surface area (Å²) in [6.45, 7) is 10.6. The second-order valence-corrected chi connectivity index (χ2v) is 6.83. The molecule has 1 heterocycles. The van der Waals surface area contributed by atoms with Gasteiger partial charge in [-0.05, 0) is 24.8 Å². The third-order valence-corrected chi connectivity index (χ3v) is 4.23. The fourth-order valence-electron chi connectivity index (χ4n) is 2.77. The standard InChI is InChI=1S/C19H26N2O2/c1-7-23-18(22)15-12(2)21(6)17(16(15)20)13-8-10-14(11-9-13)19(3,4)5/h8-11H,7,20H2,1-6H3. The lowest BCUT2D eigenvalue weighted by molar-refractivity contribution is 0.0526. The van der Waals surface area contributed by atoms with Gasteiger partial charge in [-0.2, -0.15) is 0 Å². The number of nitrogens with zero attached hydrogens (tertiary/aromatic N) is 1. The topological polar surface area (TPSA) is 57.2 Å². The summed E-state index contributed by atoms with van der Waals surface area (Å²) < 4.78 is 7.08. The number of carbonyl (C=O) groups is 1. The number of aromatic nitrogens is 1. The summed E-state index contributed by atoms with van der Waals surface area (Å²) in [6.07, 6.45) is 0. The Labute approximate surface area is 138 Å². The van der Waals surface area contributed by atoms with Crippen LogP contribution in [0, 0.1) is 6.92 Å². The minimum Gasteiger partial charge on any atom is -0.462 e. The molecule has 0 aliphatic heterocycles. The number of esters is 1. The van der Waals surface area contributed by atoms with Gasteiger partial charge in [-0.3, -0.25) is 0 Å². The number of ether oxygens (including phenoxy) is 1. The lowest BCUT2D eigenvalue weighted by Crippen LogP contribution is -2.10. The number of nitrogen functional groups attached to an aromatic ring is 1. The van der Waals surface area contributed by atoms with Gasteiger partial charge in [-0.15, -0.1) is 0 Å². The van der Waals surface area contributed by atoms with E-state index in [9.17, 15) is 4.79 Å². The van der Waals surface area contributed by atoms with Crippen LogP contribution in [0.3, 0.4) is 0 Å². The first-order valence-electron chi connectivity index (χ1n) is 7.91. The van der Waals surface area contributed by atoms with Gasteiger partial charge < -0.3 is 15.0 Å². The molecule has 0 aliphatic carbocycles. The molecule has 0 aliphatic rings. The molecule has 2 N–H and O–H groups in total. The third kappa shape index (κ3) is 3.11. The van der Waals surface area contributed by atoms with Crippen molar-refractivity contribution in [1.82, 2.24) is 4.57 Å². The van der Waals surface area contributed by atoms with Gasteiger partial charge >= 0.3 is 5.97 Å². The van der Waals surface area contributed by atoms with Gasteiger partial charge in [0, 0.05) is 18.3 Å². The van der Waals surface area contributed by atoms with Crippen molar-refractivity contribution in [3.8, 4) is 11.3 Å². The van der Waals surface area contributed by atoms with E-state index in [1.54, 1.807) is 6.92 Å². The first-order chi connectivity index (χ1) is 10.7. The molecule has 0 bridgehead atoms. The van der Waals surface area contributed by atoms with Gasteiger partial charge in [0.05, 0.1) is 18.0 Å². The number of hydrogen-bond acceptors (Lipinski definition) is 3. The predicted molar refractivity (Wildman–Crippen MR) is 94.7 cm³/mol. The molecule has 0 amide bonds. The zero-order chi connectivity index (χ0) is 17.4. The Morgan fingerprint density at radius 3 is 2.26 bits per heavy atom. The Hall–Kier alpha value is -2.23.